The second kappa shape index (κ2) is 10.3. The van der Waals surface area contributed by atoms with Crippen molar-refractivity contribution in [1.29, 1.82) is 0 Å². The van der Waals surface area contributed by atoms with Crippen LogP contribution < -0.4 is 14.3 Å². The minimum absolute atomic E-state index is 0.00797. The molecule has 3 rings (SSSR count). The Hall–Kier alpha value is -3.08. The van der Waals surface area contributed by atoms with E-state index in [1.165, 1.54) is 31.2 Å². The van der Waals surface area contributed by atoms with Crippen molar-refractivity contribution < 1.29 is 21.6 Å². The number of aryl methyl sites for hydroxylation is 2. The molecule has 0 saturated carbocycles. The molecule has 0 spiro atoms. The van der Waals surface area contributed by atoms with E-state index in [0.29, 0.717) is 22.1 Å². The lowest BCUT2D eigenvalue weighted by atomic mass is 10.1. The Balaban J connectivity index is 1.77. The van der Waals surface area contributed by atoms with Gasteiger partial charge < -0.3 is 5.32 Å². The van der Waals surface area contributed by atoms with Crippen LogP contribution >= 0.6 is 11.6 Å². The molecule has 8 nitrogen and oxygen atoms in total. The van der Waals surface area contributed by atoms with Crippen LogP contribution in [0, 0.1) is 13.8 Å². The first kappa shape index (κ1) is 26.5. The second-order valence-electron chi connectivity index (χ2n) is 8.13. The van der Waals surface area contributed by atoms with Crippen molar-refractivity contribution in [2.45, 2.75) is 31.7 Å². The van der Waals surface area contributed by atoms with Crippen LogP contribution in [-0.2, 0) is 24.8 Å². The fourth-order valence-corrected chi connectivity index (χ4v) is 5.72. The molecule has 0 unspecified atom stereocenters. The number of rotatable bonds is 8. The van der Waals surface area contributed by atoms with Gasteiger partial charge in [0.25, 0.3) is 10.0 Å². The molecule has 11 heteroatoms. The van der Waals surface area contributed by atoms with Crippen molar-refractivity contribution in [3.8, 4) is 0 Å². The van der Waals surface area contributed by atoms with Gasteiger partial charge in [0.05, 0.1) is 16.8 Å². The predicted octanol–water partition coefficient (Wildman–Crippen LogP) is 4.55. The van der Waals surface area contributed by atoms with E-state index in [1.54, 1.807) is 42.5 Å². The summed E-state index contributed by atoms with van der Waals surface area (Å²) < 4.78 is 53.8. The number of nitrogens with zero attached hydrogens (tertiary/aromatic N) is 1. The molecule has 3 aromatic rings. The Morgan fingerprint density at radius 3 is 1.97 bits per heavy atom. The van der Waals surface area contributed by atoms with Crippen molar-refractivity contribution >= 4 is 54.6 Å². The summed E-state index contributed by atoms with van der Waals surface area (Å²) in [6.45, 7) is 5.26. The summed E-state index contributed by atoms with van der Waals surface area (Å²) >= 11 is 5.83. The number of carbonyl (C=O) groups excluding carboxylic acids is 1. The lowest BCUT2D eigenvalue weighted by molar-refractivity contribution is -0.116. The van der Waals surface area contributed by atoms with E-state index in [1.807, 2.05) is 13.8 Å². The fraction of sp³-hybridized carbons (Fsp3) is 0.208. The fourth-order valence-electron chi connectivity index (χ4n) is 3.37. The molecular weight excluding hydrogens is 510 g/mol. The molecule has 1 atom stereocenters. The van der Waals surface area contributed by atoms with E-state index in [0.717, 1.165) is 21.7 Å². The Labute approximate surface area is 211 Å². The van der Waals surface area contributed by atoms with Gasteiger partial charge in [-0.05, 0) is 92.6 Å². The zero-order valence-electron chi connectivity index (χ0n) is 19.6. The van der Waals surface area contributed by atoms with Gasteiger partial charge in [0.15, 0.2) is 0 Å². The summed E-state index contributed by atoms with van der Waals surface area (Å²) in [7, 11) is -7.62. The average molecular weight is 536 g/mol. The second-order valence-corrected chi connectivity index (χ2v) is 12.1. The number of amides is 1. The van der Waals surface area contributed by atoms with Crippen LogP contribution in [0.2, 0.25) is 5.02 Å². The summed E-state index contributed by atoms with van der Waals surface area (Å²) in [6, 6.07) is 15.9. The highest BCUT2D eigenvalue weighted by atomic mass is 35.5. The van der Waals surface area contributed by atoms with E-state index in [2.05, 4.69) is 10.0 Å². The lowest BCUT2D eigenvalue weighted by Crippen LogP contribution is -2.45. The van der Waals surface area contributed by atoms with Crippen LogP contribution in [0.15, 0.2) is 71.6 Å². The van der Waals surface area contributed by atoms with Gasteiger partial charge in [-0.2, -0.15) is 0 Å². The highest BCUT2D eigenvalue weighted by molar-refractivity contribution is 7.92. The molecule has 0 aliphatic carbocycles. The molecule has 0 fully saturated rings. The maximum atomic E-state index is 12.9. The number of nitrogens with one attached hydrogen (secondary N) is 2. The molecule has 0 radical (unpaired) electrons. The Bertz CT molecular complexity index is 1440. The third-order valence-electron chi connectivity index (χ3n) is 5.36. The number of hydrogen-bond acceptors (Lipinski definition) is 5. The summed E-state index contributed by atoms with van der Waals surface area (Å²) in [4.78, 5) is 12.9. The van der Waals surface area contributed by atoms with Gasteiger partial charge in [-0.3, -0.25) is 13.8 Å². The summed E-state index contributed by atoms with van der Waals surface area (Å²) in [5.41, 5.74) is 2.95. The standard InChI is InChI=1S/C24H26ClN3O5S2/c1-16-5-12-22(15-17(16)2)28(34(4,30)31)18(3)24(29)26-20-10-13-23(14-11-20)35(32,33)27-21-8-6-19(25)7-9-21/h5-15,18,27H,1-4H3,(H,26,29)/t18-/m1/s1. The lowest BCUT2D eigenvalue weighted by Gasteiger charge is -2.28. The minimum atomic E-state index is -3.86. The van der Waals surface area contributed by atoms with Crippen molar-refractivity contribution in [3.63, 3.8) is 0 Å². The smallest absolute Gasteiger partial charge is 0.261 e. The highest BCUT2D eigenvalue weighted by Gasteiger charge is 2.29. The highest BCUT2D eigenvalue weighted by Crippen LogP contribution is 2.25. The van der Waals surface area contributed by atoms with Crippen LogP contribution in [0.5, 0.6) is 0 Å². The van der Waals surface area contributed by atoms with Crippen LogP contribution in [0.4, 0.5) is 17.1 Å². The first-order chi connectivity index (χ1) is 16.3. The first-order valence-corrected chi connectivity index (χ1v) is 14.2. The molecule has 35 heavy (non-hydrogen) atoms. The number of benzene rings is 3. The van der Waals surface area contributed by atoms with Gasteiger partial charge in [-0.25, -0.2) is 16.8 Å². The summed E-state index contributed by atoms with van der Waals surface area (Å²) in [5, 5.41) is 3.13. The molecule has 186 valence electrons. The van der Waals surface area contributed by atoms with E-state index >= 15 is 0 Å². The van der Waals surface area contributed by atoms with Gasteiger partial charge in [-0.15, -0.1) is 0 Å². The minimum Gasteiger partial charge on any atom is -0.324 e. The van der Waals surface area contributed by atoms with Crippen LogP contribution in [0.1, 0.15) is 18.1 Å². The van der Waals surface area contributed by atoms with Crippen LogP contribution in [-0.4, -0.2) is 35.0 Å². The molecule has 0 bridgehead atoms. The number of sulfonamides is 2. The van der Waals surface area contributed by atoms with Gasteiger partial charge in [-0.1, -0.05) is 17.7 Å². The third-order valence-corrected chi connectivity index (χ3v) is 8.25. The number of carbonyl (C=O) groups is 1. The van der Waals surface area contributed by atoms with Crippen LogP contribution in [0.25, 0.3) is 0 Å². The van der Waals surface area contributed by atoms with Gasteiger partial charge in [0.2, 0.25) is 15.9 Å². The van der Waals surface area contributed by atoms with Gasteiger partial charge in [0, 0.05) is 16.4 Å². The van der Waals surface area contributed by atoms with E-state index in [-0.39, 0.29) is 4.90 Å². The molecular formula is C24H26ClN3O5S2. The zero-order chi connectivity index (χ0) is 26.0. The Morgan fingerprint density at radius 2 is 1.43 bits per heavy atom. The Morgan fingerprint density at radius 1 is 0.857 bits per heavy atom. The number of hydrogen-bond donors (Lipinski definition) is 2. The van der Waals surface area contributed by atoms with Crippen molar-refractivity contribution in [1.82, 2.24) is 0 Å². The van der Waals surface area contributed by atoms with E-state index < -0.39 is 32.0 Å². The molecule has 2 N–H and O–H groups in total. The Kier molecular flexibility index (Phi) is 7.78. The molecule has 0 heterocycles. The number of halogens is 1. The van der Waals surface area contributed by atoms with Crippen molar-refractivity contribution in [2.75, 3.05) is 20.6 Å². The molecule has 0 aromatic heterocycles. The van der Waals surface area contributed by atoms with Gasteiger partial charge >= 0.3 is 0 Å². The van der Waals surface area contributed by atoms with E-state index in [4.69, 9.17) is 11.6 Å². The number of anilines is 3. The topological polar surface area (TPSA) is 113 Å². The average Bonchev–Trinajstić information content (AvgIpc) is 2.77. The normalized spacial score (nSPS) is 12.6. The summed E-state index contributed by atoms with van der Waals surface area (Å²) in [6.07, 6.45) is 1.04. The van der Waals surface area contributed by atoms with E-state index in [9.17, 15) is 21.6 Å². The SMILES string of the molecule is Cc1ccc(N([C@H](C)C(=O)Nc2ccc(S(=O)(=O)Nc3ccc(Cl)cc3)cc2)S(C)(=O)=O)cc1C. The molecule has 3 aromatic carbocycles. The third kappa shape index (κ3) is 6.53. The molecule has 0 aliphatic heterocycles. The maximum absolute atomic E-state index is 12.9. The molecule has 1 amide bonds. The van der Waals surface area contributed by atoms with Crippen LogP contribution in [0.3, 0.4) is 0 Å². The molecule has 0 aliphatic rings. The predicted molar refractivity (Wildman–Crippen MR) is 140 cm³/mol. The van der Waals surface area contributed by atoms with Crippen molar-refractivity contribution in [3.05, 3.63) is 82.9 Å². The van der Waals surface area contributed by atoms with Crippen molar-refractivity contribution in [2.24, 2.45) is 0 Å². The monoisotopic (exact) mass is 535 g/mol. The zero-order valence-corrected chi connectivity index (χ0v) is 22.0. The summed E-state index contributed by atoms with van der Waals surface area (Å²) in [5.74, 6) is -0.566. The van der Waals surface area contributed by atoms with Gasteiger partial charge in [0.1, 0.15) is 6.04 Å². The largest absolute Gasteiger partial charge is 0.324 e. The first-order valence-electron chi connectivity index (χ1n) is 10.5. The molecule has 0 saturated heterocycles. The maximum Gasteiger partial charge on any atom is 0.261 e. The quantitative estimate of drug-likeness (QED) is 0.439.